The second-order valence-electron chi connectivity index (χ2n) is 7.76. The number of carbonyl (C=O) groups excluding carboxylic acids is 2. The van der Waals surface area contributed by atoms with E-state index >= 15 is 0 Å². The molecule has 3 rings (SSSR count). The van der Waals surface area contributed by atoms with Gasteiger partial charge in [-0.25, -0.2) is 4.98 Å². The van der Waals surface area contributed by atoms with Crippen molar-refractivity contribution in [2.45, 2.75) is 6.42 Å². The first-order chi connectivity index (χ1) is 14.8. The van der Waals surface area contributed by atoms with Gasteiger partial charge in [-0.3, -0.25) is 9.59 Å². The van der Waals surface area contributed by atoms with Crippen LogP contribution in [0.1, 0.15) is 27.1 Å². The third kappa shape index (κ3) is 6.56. The van der Waals surface area contributed by atoms with Crippen molar-refractivity contribution in [3.63, 3.8) is 0 Å². The minimum Gasteiger partial charge on any atom is -0.353 e. The highest BCUT2D eigenvalue weighted by atomic mass is 35.5. The van der Waals surface area contributed by atoms with Gasteiger partial charge < -0.3 is 20.0 Å². The van der Waals surface area contributed by atoms with Crippen molar-refractivity contribution in [2.24, 2.45) is 0 Å². The van der Waals surface area contributed by atoms with E-state index in [4.69, 9.17) is 23.2 Å². The van der Waals surface area contributed by atoms with Crippen molar-refractivity contribution in [3.8, 4) is 0 Å². The maximum atomic E-state index is 12.7. The third-order valence-electron chi connectivity index (χ3n) is 5.08. The van der Waals surface area contributed by atoms with E-state index in [-0.39, 0.29) is 11.8 Å². The van der Waals surface area contributed by atoms with Crippen LogP contribution in [0.2, 0.25) is 10.0 Å². The van der Waals surface area contributed by atoms with E-state index in [0.717, 1.165) is 18.8 Å². The first-order valence-corrected chi connectivity index (χ1v) is 11.0. The van der Waals surface area contributed by atoms with Gasteiger partial charge in [-0.05, 0) is 57.4 Å². The Labute approximate surface area is 192 Å². The summed E-state index contributed by atoms with van der Waals surface area (Å²) in [6.45, 7) is 4.01. The van der Waals surface area contributed by atoms with Gasteiger partial charge >= 0.3 is 0 Å². The molecule has 2 heterocycles. The molecule has 1 aromatic carbocycles. The molecule has 1 fully saturated rings. The zero-order valence-corrected chi connectivity index (χ0v) is 19.3. The van der Waals surface area contributed by atoms with E-state index in [0.29, 0.717) is 53.9 Å². The Morgan fingerprint density at radius 1 is 1.03 bits per heavy atom. The van der Waals surface area contributed by atoms with Gasteiger partial charge in [0.2, 0.25) is 0 Å². The number of anilines is 1. The Morgan fingerprint density at radius 3 is 2.29 bits per heavy atom. The zero-order chi connectivity index (χ0) is 22.4. The molecule has 1 aromatic heterocycles. The number of pyridine rings is 1. The number of amides is 2. The summed E-state index contributed by atoms with van der Waals surface area (Å²) in [7, 11) is 4.01. The van der Waals surface area contributed by atoms with E-state index in [1.165, 1.54) is 0 Å². The van der Waals surface area contributed by atoms with E-state index < -0.39 is 0 Å². The van der Waals surface area contributed by atoms with Crippen LogP contribution in [0.5, 0.6) is 0 Å². The summed E-state index contributed by atoms with van der Waals surface area (Å²) in [5, 5.41) is 3.80. The van der Waals surface area contributed by atoms with Crippen LogP contribution in [0.25, 0.3) is 0 Å². The van der Waals surface area contributed by atoms with Crippen LogP contribution >= 0.6 is 23.2 Å². The minimum atomic E-state index is -0.117. The molecule has 166 valence electrons. The number of carbonyl (C=O) groups is 2. The Morgan fingerprint density at radius 2 is 1.71 bits per heavy atom. The van der Waals surface area contributed by atoms with Crippen molar-refractivity contribution >= 4 is 40.8 Å². The lowest BCUT2D eigenvalue weighted by Crippen LogP contribution is -2.49. The molecule has 1 aliphatic rings. The SMILES string of the molecule is CN(C)CCCNC(=O)c1ccc(N2CCN(C(=O)c3cc(Cl)cc(Cl)c3)CC2)nc1. The molecule has 0 spiro atoms. The molecule has 9 heteroatoms. The van der Waals surface area contributed by atoms with Crippen molar-refractivity contribution in [1.29, 1.82) is 0 Å². The molecule has 0 atom stereocenters. The van der Waals surface area contributed by atoms with Crippen molar-refractivity contribution < 1.29 is 9.59 Å². The fourth-order valence-corrected chi connectivity index (χ4v) is 3.93. The van der Waals surface area contributed by atoms with Crippen LogP contribution < -0.4 is 10.2 Å². The third-order valence-corrected chi connectivity index (χ3v) is 5.51. The lowest BCUT2D eigenvalue weighted by atomic mass is 10.1. The van der Waals surface area contributed by atoms with E-state index in [1.54, 1.807) is 35.4 Å². The second-order valence-corrected chi connectivity index (χ2v) is 8.63. The monoisotopic (exact) mass is 463 g/mol. The Bertz CT molecular complexity index is 892. The average molecular weight is 464 g/mol. The number of nitrogens with zero attached hydrogens (tertiary/aromatic N) is 4. The zero-order valence-electron chi connectivity index (χ0n) is 17.8. The number of hydrogen-bond acceptors (Lipinski definition) is 5. The molecule has 1 N–H and O–H groups in total. The first-order valence-electron chi connectivity index (χ1n) is 10.2. The van der Waals surface area contributed by atoms with Gasteiger partial charge in [-0.2, -0.15) is 0 Å². The van der Waals surface area contributed by atoms with Gasteiger partial charge in [0, 0.05) is 54.5 Å². The number of halogens is 2. The van der Waals surface area contributed by atoms with E-state index in [2.05, 4.69) is 20.1 Å². The molecule has 2 aromatic rings. The number of benzene rings is 1. The van der Waals surface area contributed by atoms with Crippen LogP contribution in [0.3, 0.4) is 0 Å². The summed E-state index contributed by atoms with van der Waals surface area (Å²) in [6.07, 6.45) is 2.50. The maximum Gasteiger partial charge on any atom is 0.254 e. The lowest BCUT2D eigenvalue weighted by Gasteiger charge is -2.35. The van der Waals surface area contributed by atoms with Crippen LogP contribution in [0.15, 0.2) is 36.5 Å². The topological polar surface area (TPSA) is 68.8 Å². The molecule has 7 nitrogen and oxygen atoms in total. The molecule has 31 heavy (non-hydrogen) atoms. The Hall–Kier alpha value is -2.35. The summed E-state index contributed by atoms with van der Waals surface area (Å²) >= 11 is 12.0. The fourth-order valence-electron chi connectivity index (χ4n) is 3.41. The normalized spacial score (nSPS) is 14.1. The van der Waals surface area contributed by atoms with Crippen molar-refractivity contribution in [1.82, 2.24) is 20.1 Å². The Kier molecular flexibility index (Phi) is 8.12. The lowest BCUT2D eigenvalue weighted by molar-refractivity contribution is 0.0746. The highest BCUT2D eigenvalue weighted by Crippen LogP contribution is 2.21. The minimum absolute atomic E-state index is 0.0849. The van der Waals surface area contributed by atoms with Gasteiger partial charge in [0.15, 0.2) is 0 Å². The number of piperazine rings is 1. The molecular weight excluding hydrogens is 437 g/mol. The first kappa shape index (κ1) is 23.3. The molecule has 0 aliphatic carbocycles. The molecule has 0 unspecified atom stereocenters. The van der Waals surface area contributed by atoms with Crippen LogP contribution in [-0.4, -0.2) is 80.0 Å². The molecule has 0 saturated carbocycles. The van der Waals surface area contributed by atoms with Gasteiger partial charge in [0.05, 0.1) is 5.56 Å². The van der Waals surface area contributed by atoms with E-state index in [9.17, 15) is 9.59 Å². The van der Waals surface area contributed by atoms with Crippen LogP contribution in [0.4, 0.5) is 5.82 Å². The van der Waals surface area contributed by atoms with E-state index in [1.807, 2.05) is 20.2 Å². The molecule has 0 bridgehead atoms. The molecule has 1 saturated heterocycles. The summed E-state index contributed by atoms with van der Waals surface area (Å²) < 4.78 is 0. The average Bonchev–Trinajstić information content (AvgIpc) is 2.75. The summed E-state index contributed by atoms with van der Waals surface area (Å²) in [4.78, 5) is 35.4. The predicted molar refractivity (Wildman–Crippen MR) is 124 cm³/mol. The molecule has 2 amide bonds. The van der Waals surface area contributed by atoms with Gasteiger partial charge in [0.25, 0.3) is 11.8 Å². The highest BCUT2D eigenvalue weighted by molar-refractivity contribution is 6.35. The van der Waals surface area contributed by atoms with Crippen LogP contribution in [0, 0.1) is 0 Å². The van der Waals surface area contributed by atoms with Gasteiger partial charge in [-0.1, -0.05) is 23.2 Å². The predicted octanol–water partition coefficient (Wildman–Crippen LogP) is 3.03. The molecular formula is C22H27Cl2N5O2. The summed E-state index contributed by atoms with van der Waals surface area (Å²) in [5.41, 5.74) is 1.03. The number of hydrogen-bond donors (Lipinski definition) is 1. The summed E-state index contributed by atoms with van der Waals surface area (Å²) in [6, 6.07) is 8.51. The molecule has 0 radical (unpaired) electrons. The molecule has 1 aliphatic heterocycles. The number of rotatable bonds is 7. The highest BCUT2D eigenvalue weighted by Gasteiger charge is 2.23. The van der Waals surface area contributed by atoms with Gasteiger partial charge in [0.1, 0.15) is 5.82 Å². The van der Waals surface area contributed by atoms with Gasteiger partial charge in [-0.15, -0.1) is 0 Å². The largest absolute Gasteiger partial charge is 0.353 e. The number of aromatic nitrogens is 1. The maximum absolute atomic E-state index is 12.7. The van der Waals surface area contributed by atoms with Crippen LogP contribution in [-0.2, 0) is 0 Å². The second kappa shape index (κ2) is 10.8. The standard InChI is InChI=1S/C22H27Cl2N5O2/c1-27(2)7-3-6-25-21(30)16-4-5-20(26-15-16)28-8-10-29(11-9-28)22(31)17-12-18(23)14-19(24)13-17/h4-5,12-15H,3,6-11H2,1-2H3,(H,25,30). The smallest absolute Gasteiger partial charge is 0.254 e. The quantitative estimate of drug-likeness (QED) is 0.639. The summed E-state index contributed by atoms with van der Waals surface area (Å²) in [5.74, 6) is 0.591. The Balaban J connectivity index is 1.51. The van der Waals surface area contributed by atoms with Crippen molar-refractivity contribution in [2.75, 3.05) is 58.3 Å². The number of nitrogens with one attached hydrogen (secondary N) is 1. The fraction of sp³-hybridized carbons (Fsp3) is 0.409. The van der Waals surface area contributed by atoms with Crippen molar-refractivity contribution in [3.05, 3.63) is 57.7 Å².